The van der Waals surface area contributed by atoms with Crippen molar-refractivity contribution in [3.63, 3.8) is 0 Å². The molecule has 0 spiro atoms. The van der Waals surface area contributed by atoms with Gasteiger partial charge in [-0.2, -0.15) is 0 Å². The Kier molecular flexibility index (Phi) is 6.39. The predicted octanol–water partition coefficient (Wildman–Crippen LogP) is 5.00. The standard InChI is InChI=1S/C9H4ClF3N2O.C9H5F3N2O2/c10-8-6-3-5(16-9(11,12)13)1-2-7(6)14-4-15-8;10-9(11,12)16-5-1-2-7-6(3-5)8(15)14-4-13-7/h1-4H;1-4H,(H,13,14,15). The fourth-order valence-corrected chi connectivity index (χ4v) is 2.64. The summed E-state index contributed by atoms with van der Waals surface area (Å²) in [6.07, 6.45) is -7.09. The highest BCUT2D eigenvalue weighted by molar-refractivity contribution is 6.34. The molecule has 1 N–H and O–H groups in total. The number of nitrogens with one attached hydrogen (secondary N) is 1. The van der Waals surface area contributed by atoms with Gasteiger partial charge >= 0.3 is 12.7 Å². The lowest BCUT2D eigenvalue weighted by molar-refractivity contribution is -0.275. The van der Waals surface area contributed by atoms with Crippen molar-refractivity contribution < 1.29 is 35.8 Å². The van der Waals surface area contributed by atoms with E-state index in [2.05, 4.69) is 29.4 Å². The number of hydrogen-bond donors (Lipinski definition) is 1. The topological polar surface area (TPSA) is 90.0 Å². The quantitative estimate of drug-likeness (QED) is 0.322. The van der Waals surface area contributed by atoms with E-state index in [0.29, 0.717) is 16.4 Å². The maximum atomic E-state index is 12.0. The van der Waals surface area contributed by atoms with Crippen molar-refractivity contribution in [2.24, 2.45) is 0 Å². The van der Waals surface area contributed by atoms with Crippen LogP contribution in [0.2, 0.25) is 5.15 Å². The molecule has 0 aliphatic carbocycles. The molecule has 0 bridgehead atoms. The van der Waals surface area contributed by atoms with Crippen LogP contribution in [0.3, 0.4) is 0 Å². The molecular weight excluding hydrogens is 470 g/mol. The Morgan fingerprint density at radius 1 is 0.781 bits per heavy atom. The Balaban J connectivity index is 0.000000181. The third kappa shape index (κ3) is 6.20. The van der Waals surface area contributed by atoms with Crippen LogP contribution in [0.5, 0.6) is 11.5 Å². The van der Waals surface area contributed by atoms with Crippen LogP contribution in [0.4, 0.5) is 26.3 Å². The third-order valence-electron chi connectivity index (χ3n) is 3.64. The molecule has 0 saturated carbocycles. The number of aromatic nitrogens is 4. The SMILES string of the molecule is FC(F)(F)Oc1ccc2ncnc(Cl)c2c1.O=c1[nH]cnc2ccc(OC(F)(F)F)cc12. The first-order valence-electron chi connectivity index (χ1n) is 8.30. The van der Waals surface area contributed by atoms with Crippen LogP contribution >= 0.6 is 11.6 Å². The van der Waals surface area contributed by atoms with Gasteiger partial charge < -0.3 is 14.5 Å². The molecule has 0 unspecified atom stereocenters. The molecular formula is C18H9ClF6N4O3. The highest BCUT2D eigenvalue weighted by Crippen LogP contribution is 2.28. The van der Waals surface area contributed by atoms with Crippen LogP contribution < -0.4 is 15.0 Å². The molecule has 0 radical (unpaired) electrons. The van der Waals surface area contributed by atoms with E-state index in [1.54, 1.807) is 0 Å². The summed E-state index contributed by atoms with van der Waals surface area (Å²) in [5, 5.41) is 0.438. The van der Waals surface area contributed by atoms with Crippen LogP contribution in [0.25, 0.3) is 21.8 Å². The maximum Gasteiger partial charge on any atom is 0.573 e. The van der Waals surface area contributed by atoms with Crippen molar-refractivity contribution in [3.8, 4) is 11.5 Å². The van der Waals surface area contributed by atoms with Crippen LogP contribution in [-0.2, 0) is 0 Å². The van der Waals surface area contributed by atoms with Crippen molar-refractivity contribution in [2.75, 3.05) is 0 Å². The molecule has 4 rings (SSSR count). The highest BCUT2D eigenvalue weighted by atomic mass is 35.5. The van der Waals surface area contributed by atoms with Crippen LogP contribution in [0.1, 0.15) is 0 Å². The Morgan fingerprint density at radius 2 is 1.31 bits per heavy atom. The van der Waals surface area contributed by atoms with E-state index in [-0.39, 0.29) is 16.3 Å². The summed E-state index contributed by atoms with van der Waals surface area (Å²) in [5.41, 5.74) is 0.241. The Bertz CT molecular complexity index is 1310. The smallest absolute Gasteiger partial charge is 0.406 e. The molecule has 168 valence electrons. The first-order chi connectivity index (χ1) is 14.9. The number of H-pyrrole nitrogens is 1. The Labute approximate surface area is 178 Å². The van der Waals surface area contributed by atoms with E-state index in [1.807, 2.05) is 0 Å². The number of hydrogen-bond acceptors (Lipinski definition) is 6. The first kappa shape index (κ1) is 23.1. The number of nitrogens with zero attached hydrogens (tertiary/aromatic N) is 3. The number of benzene rings is 2. The van der Waals surface area contributed by atoms with Crippen LogP contribution in [0.15, 0.2) is 53.8 Å². The van der Waals surface area contributed by atoms with Gasteiger partial charge in [-0.3, -0.25) is 4.79 Å². The van der Waals surface area contributed by atoms with Gasteiger partial charge in [-0.25, -0.2) is 15.0 Å². The summed E-state index contributed by atoms with van der Waals surface area (Å²) in [5.74, 6) is -0.796. The summed E-state index contributed by atoms with van der Waals surface area (Å²) >= 11 is 5.71. The summed E-state index contributed by atoms with van der Waals surface area (Å²) in [7, 11) is 0. The van der Waals surface area contributed by atoms with Crippen LogP contribution in [0, 0.1) is 0 Å². The minimum Gasteiger partial charge on any atom is -0.406 e. The Morgan fingerprint density at radius 3 is 1.88 bits per heavy atom. The summed E-state index contributed by atoms with van der Waals surface area (Å²) in [4.78, 5) is 24.8. The molecule has 0 atom stereocenters. The van der Waals surface area contributed by atoms with Gasteiger partial charge in [-0.15, -0.1) is 26.3 Å². The van der Waals surface area contributed by atoms with E-state index in [1.165, 1.54) is 30.9 Å². The maximum absolute atomic E-state index is 12.0. The Hall–Kier alpha value is -3.61. The fourth-order valence-electron chi connectivity index (χ4n) is 2.45. The first-order valence-corrected chi connectivity index (χ1v) is 8.68. The number of aromatic amines is 1. The van der Waals surface area contributed by atoms with Gasteiger partial charge in [0.05, 0.1) is 22.7 Å². The van der Waals surface area contributed by atoms with Gasteiger partial charge in [0.15, 0.2) is 0 Å². The van der Waals surface area contributed by atoms with E-state index < -0.39 is 24.0 Å². The van der Waals surface area contributed by atoms with Gasteiger partial charge in [0.25, 0.3) is 5.56 Å². The lowest BCUT2D eigenvalue weighted by atomic mass is 10.2. The molecule has 32 heavy (non-hydrogen) atoms. The minimum absolute atomic E-state index is 0.0456. The second-order valence-electron chi connectivity index (χ2n) is 5.85. The second-order valence-corrected chi connectivity index (χ2v) is 6.21. The van der Waals surface area contributed by atoms with Gasteiger partial charge in [0, 0.05) is 5.39 Å². The largest absolute Gasteiger partial charge is 0.573 e. The molecule has 0 amide bonds. The van der Waals surface area contributed by atoms with E-state index in [0.717, 1.165) is 18.2 Å². The van der Waals surface area contributed by atoms with Crippen molar-refractivity contribution in [2.45, 2.75) is 12.7 Å². The van der Waals surface area contributed by atoms with E-state index >= 15 is 0 Å². The van der Waals surface area contributed by atoms with Crippen molar-refractivity contribution >= 4 is 33.4 Å². The average molecular weight is 479 g/mol. The number of halogens is 7. The second kappa shape index (κ2) is 8.86. The minimum atomic E-state index is -4.78. The van der Waals surface area contributed by atoms with E-state index in [4.69, 9.17) is 11.6 Å². The zero-order valence-corrected chi connectivity index (χ0v) is 16.1. The molecule has 2 aromatic heterocycles. The van der Waals surface area contributed by atoms with Gasteiger partial charge in [0.1, 0.15) is 23.0 Å². The highest BCUT2D eigenvalue weighted by Gasteiger charge is 2.31. The monoisotopic (exact) mass is 478 g/mol. The molecule has 7 nitrogen and oxygen atoms in total. The fraction of sp³-hybridized carbons (Fsp3) is 0.111. The lowest BCUT2D eigenvalue weighted by Gasteiger charge is -2.09. The molecule has 14 heteroatoms. The number of alkyl halides is 6. The average Bonchev–Trinajstić information content (AvgIpc) is 2.67. The summed E-state index contributed by atoms with van der Waals surface area (Å²) in [6.45, 7) is 0. The van der Waals surface area contributed by atoms with Gasteiger partial charge in [-0.1, -0.05) is 11.6 Å². The molecule has 0 aliphatic rings. The number of rotatable bonds is 2. The zero-order chi connectivity index (χ0) is 23.5. The van der Waals surface area contributed by atoms with Crippen LogP contribution in [-0.4, -0.2) is 32.7 Å². The van der Waals surface area contributed by atoms with Crippen molar-refractivity contribution in [1.82, 2.24) is 19.9 Å². The van der Waals surface area contributed by atoms with E-state index in [9.17, 15) is 31.1 Å². The van der Waals surface area contributed by atoms with Crippen molar-refractivity contribution in [3.05, 3.63) is 64.6 Å². The van der Waals surface area contributed by atoms with Crippen molar-refractivity contribution in [1.29, 1.82) is 0 Å². The third-order valence-corrected chi connectivity index (χ3v) is 3.94. The lowest BCUT2D eigenvalue weighted by Crippen LogP contribution is -2.17. The molecule has 0 aliphatic heterocycles. The number of ether oxygens (including phenoxy) is 2. The molecule has 0 fully saturated rings. The van der Waals surface area contributed by atoms with Gasteiger partial charge in [0.2, 0.25) is 0 Å². The predicted molar refractivity (Wildman–Crippen MR) is 100 cm³/mol. The zero-order valence-electron chi connectivity index (χ0n) is 15.3. The molecule has 4 aromatic rings. The molecule has 2 heterocycles. The molecule has 0 saturated heterocycles. The summed E-state index contributed by atoms with van der Waals surface area (Å²) < 4.78 is 79.1. The normalized spacial score (nSPS) is 11.7. The van der Waals surface area contributed by atoms with Gasteiger partial charge in [-0.05, 0) is 36.4 Å². The number of fused-ring (bicyclic) bond motifs is 2. The summed E-state index contributed by atoms with van der Waals surface area (Å²) in [6, 6.07) is 7.07. The molecule has 2 aromatic carbocycles.